The van der Waals surface area contributed by atoms with Gasteiger partial charge in [0.15, 0.2) is 5.75 Å². The third-order valence-corrected chi connectivity index (χ3v) is 6.49. The van der Waals surface area contributed by atoms with E-state index in [9.17, 15) is 9.59 Å². The fourth-order valence-electron chi connectivity index (χ4n) is 3.88. The van der Waals surface area contributed by atoms with Gasteiger partial charge in [0.2, 0.25) is 0 Å². The molecule has 3 aromatic rings. The molecule has 3 aromatic carbocycles. The van der Waals surface area contributed by atoms with Crippen LogP contribution in [-0.2, 0) is 14.5 Å². The maximum atomic E-state index is 13.4. The monoisotopic (exact) mass is 578 g/mol. The van der Waals surface area contributed by atoms with Crippen molar-refractivity contribution in [2.75, 3.05) is 34.5 Å². The van der Waals surface area contributed by atoms with Gasteiger partial charge in [-0.2, -0.15) is 0 Å². The quantitative estimate of drug-likeness (QED) is 0.0898. The number of amides is 2. The predicted octanol–water partition coefficient (Wildman–Crippen LogP) is 5.60. The van der Waals surface area contributed by atoms with Gasteiger partial charge in [-0.1, -0.05) is 44.5 Å². The number of nitrogens with two attached hydrogens (primary N) is 2. The Balaban J connectivity index is 1.87. The standard InChI is InChI=1S/C30H38N6O4S/c1-18-8-12-22(13-9-18)33-29(38)23(31)17-36(32)26-14-20(11-10-19(26)2)28(37)34-24-15-21(30(3,4)5)16-25(27(24)39-6)35-40-41-7/h8-17,35H,31-32H2,1-7H3,(H,33,38)(H,34,37)/b23-17-. The number of hydrazine groups is 1. The zero-order valence-electron chi connectivity index (χ0n) is 24.4. The van der Waals surface area contributed by atoms with Gasteiger partial charge in [-0.25, -0.2) is 10.1 Å². The van der Waals surface area contributed by atoms with Crippen molar-refractivity contribution >= 4 is 46.6 Å². The number of benzene rings is 3. The number of aryl methyl sites for hydroxylation is 2. The molecule has 0 saturated carbocycles. The Hall–Kier alpha value is -4.19. The summed E-state index contributed by atoms with van der Waals surface area (Å²) in [5.41, 5.74) is 13.9. The van der Waals surface area contributed by atoms with Crippen molar-refractivity contribution in [3.05, 3.63) is 88.7 Å². The molecule has 0 radical (unpaired) electrons. The highest BCUT2D eigenvalue weighted by Crippen LogP contribution is 2.39. The van der Waals surface area contributed by atoms with Crippen LogP contribution in [0.1, 0.15) is 47.8 Å². The van der Waals surface area contributed by atoms with E-state index >= 15 is 0 Å². The van der Waals surface area contributed by atoms with Crippen molar-refractivity contribution in [1.29, 1.82) is 0 Å². The normalized spacial score (nSPS) is 11.6. The van der Waals surface area contributed by atoms with E-state index in [1.165, 1.54) is 18.3 Å². The van der Waals surface area contributed by atoms with Crippen LogP contribution in [0, 0.1) is 13.8 Å². The molecule has 0 aromatic heterocycles. The Kier molecular flexibility index (Phi) is 10.3. The minimum atomic E-state index is -0.503. The Morgan fingerprint density at radius 2 is 1.63 bits per heavy atom. The second kappa shape index (κ2) is 13.4. The van der Waals surface area contributed by atoms with E-state index in [1.807, 2.05) is 38.1 Å². The fourth-order valence-corrected chi connectivity index (χ4v) is 4.05. The Labute approximate surface area is 245 Å². The second-order valence-corrected chi connectivity index (χ2v) is 11.0. The van der Waals surface area contributed by atoms with Crippen LogP contribution in [0.2, 0.25) is 0 Å². The maximum Gasteiger partial charge on any atom is 0.273 e. The lowest BCUT2D eigenvalue weighted by Gasteiger charge is -2.24. The van der Waals surface area contributed by atoms with Crippen molar-refractivity contribution in [3.63, 3.8) is 0 Å². The van der Waals surface area contributed by atoms with Gasteiger partial charge >= 0.3 is 0 Å². The summed E-state index contributed by atoms with van der Waals surface area (Å²) in [6.45, 7) is 10.0. The Morgan fingerprint density at radius 1 is 0.976 bits per heavy atom. The van der Waals surface area contributed by atoms with Crippen molar-refractivity contribution in [2.45, 2.75) is 40.0 Å². The lowest BCUT2D eigenvalue weighted by atomic mass is 9.86. The third kappa shape index (κ3) is 8.16. The van der Waals surface area contributed by atoms with Crippen LogP contribution in [0.5, 0.6) is 5.75 Å². The van der Waals surface area contributed by atoms with E-state index in [0.717, 1.165) is 28.7 Å². The van der Waals surface area contributed by atoms with E-state index in [-0.39, 0.29) is 17.0 Å². The fraction of sp³-hybridized carbons (Fsp3) is 0.267. The maximum absolute atomic E-state index is 13.4. The van der Waals surface area contributed by atoms with E-state index in [0.29, 0.717) is 34.1 Å². The summed E-state index contributed by atoms with van der Waals surface area (Å²) in [5.74, 6) is 5.81. The highest BCUT2D eigenvalue weighted by molar-refractivity contribution is 7.93. The summed E-state index contributed by atoms with van der Waals surface area (Å²) in [6.07, 6.45) is 3.10. The van der Waals surface area contributed by atoms with Gasteiger partial charge in [-0.15, -0.1) is 0 Å². The highest BCUT2D eigenvalue weighted by Gasteiger charge is 2.22. The molecule has 11 heteroatoms. The van der Waals surface area contributed by atoms with E-state index in [2.05, 4.69) is 36.9 Å². The summed E-state index contributed by atoms with van der Waals surface area (Å²) >= 11 is 1.15. The second-order valence-electron chi connectivity index (χ2n) is 10.5. The number of methoxy groups -OCH3 is 1. The first kappa shape index (κ1) is 31.3. The van der Waals surface area contributed by atoms with Crippen LogP contribution >= 0.6 is 12.0 Å². The van der Waals surface area contributed by atoms with Crippen molar-refractivity contribution in [3.8, 4) is 5.75 Å². The number of anilines is 4. The van der Waals surface area contributed by atoms with Crippen LogP contribution in [0.3, 0.4) is 0 Å². The van der Waals surface area contributed by atoms with E-state index in [4.69, 9.17) is 20.6 Å². The lowest BCUT2D eigenvalue weighted by Crippen LogP contribution is -2.30. The third-order valence-electron chi connectivity index (χ3n) is 6.24. The molecule has 218 valence electrons. The minimum absolute atomic E-state index is 0.0986. The van der Waals surface area contributed by atoms with Crippen LogP contribution in [0.4, 0.5) is 22.7 Å². The first-order valence-corrected chi connectivity index (χ1v) is 14.0. The van der Waals surface area contributed by atoms with E-state index in [1.54, 1.807) is 36.6 Å². The van der Waals surface area contributed by atoms with Gasteiger partial charge < -0.3 is 21.1 Å². The van der Waals surface area contributed by atoms with Gasteiger partial charge in [0.25, 0.3) is 11.8 Å². The number of carbonyl (C=O) groups excluding carboxylic acids is 2. The number of carbonyl (C=O) groups is 2. The molecule has 0 aliphatic heterocycles. The lowest BCUT2D eigenvalue weighted by molar-refractivity contribution is -0.112. The zero-order valence-corrected chi connectivity index (χ0v) is 25.2. The molecular weight excluding hydrogens is 540 g/mol. The molecule has 0 spiro atoms. The van der Waals surface area contributed by atoms with Crippen LogP contribution in [0.25, 0.3) is 0 Å². The summed E-state index contributed by atoms with van der Waals surface area (Å²) in [5, 5.41) is 6.91. The van der Waals surface area contributed by atoms with Gasteiger partial charge in [-0.3, -0.25) is 20.1 Å². The number of nitrogens with one attached hydrogen (secondary N) is 3. The van der Waals surface area contributed by atoms with Gasteiger partial charge in [0.1, 0.15) is 11.4 Å². The van der Waals surface area contributed by atoms with E-state index < -0.39 is 5.91 Å². The molecule has 0 heterocycles. The minimum Gasteiger partial charge on any atom is -0.492 e. The number of hydrogen-bond acceptors (Lipinski definition) is 9. The molecule has 2 amide bonds. The Morgan fingerprint density at radius 3 is 2.24 bits per heavy atom. The molecule has 7 N–H and O–H groups in total. The van der Waals surface area contributed by atoms with Gasteiger partial charge in [-0.05, 0) is 66.8 Å². The molecular formula is C30H38N6O4S. The topological polar surface area (TPSA) is 144 Å². The van der Waals surface area contributed by atoms with Crippen LogP contribution < -0.4 is 37.4 Å². The summed E-state index contributed by atoms with van der Waals surface area (Å²) in [6, 6.07) is 16.2. The van der Waals surface area contributed by atoms with Crippen molar-refractivity contribution in [1.82, 2.24) is 0 Å². The molecule has 0 saturated heterocycles. The molecule has 3 rings (SSSR count). The molecule has 0 bridgehead atoms. The number of rotatable bonds is 10. The first-order chi connectivity index (χ1) is 19.3. The largest absolute Gasteiger partial charge is 0.492 e. The van der Waals surface area contributed by atoms with Gasteiger partial charge in [0, 0.05) is 35.7 Å². The average molecular weight is 579 g/mol. The summed E-state index contributed by atoms with van der Waals surface area (Å²) in [7, 11) is 1.52. The summed E-state index contributed by atoms with van der Waals surface area (Å²) in [4.78, 5) is 26.0. The predicted molar refractivity (Wildman–Crippen MR) is 168 cm³/mol. The molecule has 0 aliphatic carbocycles. The van der Waals surface area contributed by atoms with Crippen molar-refractivity contribution in [2.24, 2.45) is 11.6 Å². The molecule has 0 atom stereocenters. The van der Waals surface area contributed by atoms with Crippen LogP contribution in [-0.4, -0.2) is 25.2 Å². The molecule has 10 nitrogen and oxygen atoms in total. The number of hydrogen-bond donors (Lipinski definition) is 5. The molecule has 0 fully saturated rings. The van der Waals surface area contributed by atoms with Crippen LogP contribution in [0.15, 0.2) is 66.5 Å². The SMILES string of the molecule is COc1c(NOSC)cc(C(C)(C)C)cc1NC(=O)c1ccc(C)c(N(N)/C=C(\N)C(=O)Nc2ccc(C)cc2)c1. The average Bonchev–Trinajstić information content (AvgIpc) is 2.92. The first-order valence-electron chi connectivity index (χ1n) is 12.8. The number of nitrogens with zero attached hydrogens (tertiary/aromatic N) is 1. The van der Waals surface area contributed by atoms with Crippen molar-refractivity contribution < 1.29 is 18.6 Å². The number of ether oxygens (including phenoxy) is 1. The molecule has 41 heavy (non-hydrogen) atoms. The highest BCUT2D eigenvalue weighted by atomic mass is 32.2. The Bertz CT molecular complexity index is 1430. The smallest absolute Gasteiger partial charge is 0.273 e. The molecule has 0 aliphatic rings. The molecule has 0 unspecified atom stereocenters. The summed E-state index contributed by atoms with van der Waals surface area (Å²) < 4.78 is 10.9. The van der Waals surface area contributed by atoms with Gasteiger partial charge in [0.05, 0.1) is 18.5 Å². The zero-order chi connectivity index (χ0) is 30.3.